The minimum atomic E-state index is -0.0321. The zero-order valence-electron chi connectivity index (χ0n) is 18.6. The summed E-state index contributed by atoms with van der Waals surface area (Å²) in [5.41, 5.74) is 6.47. The van der Waals surface area contributed by atoms with E-state index in [2.05, 4.69) is 42.4 Å². The van der Waals surface area contributed by atoms with Crippen molar-refractivity contribution in [2.75, 3.05) is 24.4 Å². The lowest BCUT2D eigenvalue weighted by Crippen LogP contribution is -2.02. The topological polar surface area (TPSA) is 51.6 Å². The van der Waals surface area contributed by atoms with E-state index in [0.717, 1.165) is 57.9 Å². The Bertz CT molecular complexity index is 1070. The SMILES string of the molecule is CSCCCOc1cc(C)c(-c2cccc(COc3cc4c(cn3)CCS4)c2)c(CO)c1. The number of aliphatic hydroxyl groups is 1. The molecule has 0 bridgehead atoms. The van der Waals surface area contributed by atoms with Crippen molar-refractivity contribution in [3.8, 4) is 22.8 Å². The van der Waals surface area contributed by atoms with Gasteiger partial charge in [0.25, 0.3) is 0 Å². The molecule has 0 amide bonds. The van der Waals surface area contributed by atoms with Gasteiger partial charge in [-0.1, -0.05) is 18.2 Å². The molecule has 0 atom stereocenters. The first-order chi connectivity index (χ1) is 15.7. The van der Waals surface area contributed by atoms with Crippen molar-refractivity contribution in [3.05, 3.63) is 70.9 Å². The quantitative estimate of drug-likeness (QED) is 0.374. The molecule has 3 aromatic rings. The molecule has 0 spiro atoms. The van der Waals surface area contributed by atoms with E-state index in [1.54, 1.807) is 0 Å². The smallest absolute Gasteiger partial charge is 0.214 e. The predicted molar refractivity (Wildman–Crippen MR) is 134 cm³/mol. The van der Waals surface area contributed by atoms with Crippen molar-refractivity contribution in [2.45, 2.75) is 37.9 Å². The fraction of sp³-hybridized carbons (Fsp3) is 0.346. The van der Waals surface area contributed by atoms with Gasteiger partial charge in [-0.15, -0.1) is 11.8 Å². The lowest BCUT2D eigenvalue weighted by atomic mass is 9.94. The lowest BCUT2D eigenvalue weighted by molar-refractivity contribution is 0.279. The third-order valence-electron chi connectivity index (χ3n) is 5.47. The number of fused-ring (bicyclic) bond motifs is 1. The zero-order chi connectivity index (χ0) is 22.3. The van der Waals surface area contributed by atoms with Gasteiger partial charge in [0, 0.05) is 22.9 Å². The van der Waals surface area contributed by atoms with Crippen molar-refractivity contribution in [3.63, 3.8) is 0 Å². The minimum absolute atomic E-state index is 0.0321. The van der Waals surface area contributed by atoms with Crippen LogP contribution in [-0.2, 0) is 19.6 Å². The first kappa shape index (κ1) is 23.0. The van der Waals surface area contributed by atoms with Gasteiger partial charge in [-0.05, 0) is 83.4 Å². The van der Waals surface area contributed by atoms with Crippen LogP contribution in [0.1, 0.15) is 28.7 Å². The lowest BCUT2D eigenvalue weighted by Gasteiger charge is -2.16. The summed E-state index contributed by atoms with van der Waals surface area (Å²) in [6.07, 6.45) is 6.13. The molecule has 4 nitrogen and oxygen atoms in total. The number of aromatic nitrogens is 1. The third kappa shape index (κ3) is 5.61. The average molecular weight is 468 g/mol. The molecule has 0 saturated heterocycles. The molecule has 1 aromatic heterocycles. The molecule has 32 heavy (non-hydrogen) atoms. The second-order valence-corrected chi connectivity index (χ2v) is 9.97. The maximum absolute atomic E-state index is 10.0. The van der Waals surface area contributed by atoms with E-state index < -0.39 is 0 Å². The normalized spacial score (nSPS) is 12.6. The van der Waals surface area contributed by atoms with Crippen LogP contribution >= 0.6 is 23.5 Å². The fourth-order valence-electron chi connectivity index (χ4n) is 3.93. The number of ether oxygens (including phenoxy) is 2. The van der Waals surface area contributed by atoms with Gasteiger partial charge in [-0.25, -0.2) is 4.98 Å². The van der Waals surface area contributed by atoms with Crippen LogP contribution in [0.3, 0.4) is 0 Å². The molecule has 4 rings (SSSR count). The number of aliphatic hydroxyl groups excluding tert-OH is 1. The van der Waals surface area contributed by atoms with Crippen LogP contribution in [-0.4, -0.2) is 34.5 Å². The summed E-state index contributed by atoms with van der Waals surface area (Å²) >= 11 is 3.68. The molecule has 0 unspecified atom stereocenters. The number of pyridine rings is 1. The number of hydrogen-bond donors (Lipinski definition) is 1. The largest absolute Gasteiger partial charge is 0.494 e. The van der Waals surface area contributed by atoms with Gasteiger partial charge in [0.05, 0.1) is 13.2 Å². The summed E-state index contributed by atoms with van der Waals surface area (Å²) in [6, 6.07) is 14.4. The summed E-state index contributed by atoms with van der Waals surface area (Å²) < 4.78 is 11.9. The molecule has 1 aliphatic rings. The molecule has 2 heterocycles. The Hall–Kier alpha value is -2.15. The van der Waals surface area contributed by atoms with Crippen LogP contribution in [0.15, 0.2) is 53.6 Å². The second kappa shape index (κ2) is 11.1. The predicted octanol–water partition coefficient (Wildman–Crippen LogP) is 5.91. The van der Waals surface area contributed by atoms with Crippen molar-refractivity contribution in [1.29, 1.82) is 0 Å². The molecule has 6 heteroatoms. The molecule has 0 saturated carbocycles. The molecule has 0 aliphatic carbocycles. The van der Waals surface area contributed by atoms with E-state index in [1.807, 2.05) is 47.9 Å². The maximum Gasteiger partial charge on any atom is 0.214 e. The van der Waals surface area contributed by atoms with Crippen LogP contribution in [0.25, 0.3) is 11.1 Å². The second-order valence-electron chi connectivity index (χ2n) is 7.85. The van der Waals surface area contributed by atoms with Gasteiger partial charge in [-0.2, -0.15) is 11.8 Å². The Balaban J connectivity index is 1.49. The van der Waals surface area contributed by atoms with Crippen LogP contribution in [0.5, 0.6) is 11.6 Å². The van der Waals surface area contributed by atoms with Gasteiger partial charge < -0.3 is 14.6 Å². The van der Waals surface area contributed by atoms with Crippen molar-refractivity contribution in [1.82, 2.24) is 4.98 Å². The number of benzene rings is 2. The third-order valence-corrected chi connectivity index (χ3v) is 7.27. The Morgan fingerprint density at radius 1 is 1.16 bits per heavy atom. The average Bonchev–Trinajstić information content (AvgIpc) is 3.28. The van der Waals surface area contributed by atoms with Crippen LogP contribution < -0.4 is 9.47 Å². The van der Waals surface area contributed by atoms with Crippen LogP contribution in [0.2, 0.25) is 0 Å². The van der Waals surface area contributed by atoms with Crippen molar-refractivity contribution < 1.29 is 14.6 Å². The number of rotatable bonds is 10. The first-order valence-electron chi connectivity index (χ1n) is 10.9. The van der Waals surface area contributed by atoms with E-state index in [-0.39, 0.29) is 6.61 Å². The Morgan fingerprint density at radius 2 is 2.06 bits per heavy atom. The molecule has 1 N–H and O–H groups in total. The number of thioether (sulfide) groups is 2. The minimum Gasteiger partial charge on any atom is -0.494 e. The van der Waals surface area contributed by atoms with Gasteiger partial charge in [-0.3, -0.25) is 0 Å². The van der Waals surface area contributed by atoms with Gasteiger partial charge in [0.2, 0.25) is 5.88 Å². The first-order valence-corrected chi connectivity index (χ1v) is 13.3. The summed E-state index contributed by atoms with van der Waals surface area (Å²) in [4.78, 5) is 5.73. The highest BCUT2D eigenvalue weighted by molar-refractivity contribution is 7.99. The van der Waals surface area contributed by atoms with Crippen LogP contribution in [0.4, 0.5) is 0 Å². The van der Waals surface area contributed by atoms with E-state index in [0.29, 0.717) is 19.1 Å². The van der Waals surface area contributed by atoms with E-state index in [1.165, 1.54) is 10.5 Å². The summed E-state index contributed by atoms with van der Waals surface area (Å²) in [7, 11) is 0. The summed E-state index contributed by atoms with van der Waals surface area (Å²) in [5, 5.41) is 10.0. The Kier molecular flexibility index (Phi) is 8.00. The molecule has 2 aromatic carbocycles. The van der Waals surface area contributed by atoms with Crippen LogP contribution in [0, 0.1) is 6.92 Å². The molecular weight excluding hydrogens is 438 g/mol. The standard InChI is InChI=1S/C26H29NO3S2/c1-18-11-23(29-8-4-9-31-2)13-22(16-28)26(18)20-6-3-5-19(12-20)17-30-25-14-24-21(15-27-25)7-10-32-24/h3,5-6,11-15,28H,4,7-10,16-17H2,1-2H3. The van der Waals surface area contributed by atoms with Gasteiger partial charge in [0.1, 0.15) is 12.4 Å². The highest BCUT2D eigenvalue weighted by Gasteiger charge is 2.14. The summed E-state index contributed by atoms with van der Waals surface area (Å²) in [5.74, 6) is 3.69. The molecular formula is C26H29NO3S2. The highest BCUT2D eigenvalue weighted by Crippen LogP contribution is 2.34. The molecule has 168 valence electrons. The zero-order valence-corrected chi connectivity index (χ0v) is 20.2. The molecule has 0 fully saturated rings. The highest BCUT2D eigenvalue weighted by atomic mass is 32.2. The number of nitrogens with zero attached hydrogens (tertiary/aromatic N) is 1. The Morgan fingerprint density at radius 3 is 2.91 bits per heavy atom. The number of hydrogen-bond acceptors (Lipinski definition) is 6. The molecule has 1 aliphatic heterocycles. The van der Waals surface area contributed by atoms with Crippen molar-refractivity contribution >= 4 is 23.5 Å². The maximum atomic E-state index is 10.0. The van der Waals surface area contributed by atoms with Crippen molar-refractivity contribution in [2.24, 2.45) is 0 Å². The van der Waals surface area contributed by atoms with Gasteiger partial charge in [0.15, 0.2) is 0 Å². The monoisotopic (exact) mass is 467 g/mol. The molecule has 0 radical (unpaired) electrons. The summed E-state index contributed by atoms with van der Waals surface area (Å²) in [6.45, 7) is 3.18. The van der Waals surface area contributed by atoms with Gasteiger partial charge >= 0.3 is 0 Å². The van der Waals surface area contributed by atoms with E-state index in [4.69, 9.17) is 9.47 Å². The van der Waals surface area contributed by atoms with E-state index >= 15 is 0 Å². The number of aryl methyl sites for hydroxylation is 2. The van der Waals surface area contributed by atoms with E-state index in [9.17, 15) is 5.11 Å². The fourth-order valence-corrected chi connectivity index (χ4v) is 5.40. The Labute approximate surface area is 198 Å².